The number of nitrogens with zero attached hydrogens (tertiary/aromatic N) is 2. The number of nitrogens with one attached hydrogen (secondary N) is 1. The topological polar surface area (TPSA) is 107 Å². The van der Waals surface area contributed by atoms with Gasteiger partial charge >= 0.3 is 5.97 Å². The molecule has 0 unspecified atom stereocenters. The van der Waals surface area contributed by atoms with Crippen molar-refractivity contribution in [1.82, 2.24) is 14.5 Å². The number of hydrogen-bond acceptors (Lipinski definition) is 5. The molecular weight excluding hydrogens is 346 g/mol. The van der Waals surface area contributed by atoms with E-state index in [0.717, 1.165) is 11.1 Å². The zero-order valence-electron chi connectivity index (χ0n) is 14.4. The van der Waals surface area contributed by atoms with Crippen LogP contribution in [0.3, 0.4) is 0 Å². The average molecular weight is 369 g/mol. The maximum Gasteiger partial charge on any atom is 0.322 e. The Balaban J connectivity index is 1.93. The smallest absolute Gasteiger partial charge is 0.322 e. The Morgan fingerprint density at radius 2 is 1.76 bits per heavy atom. The molecule has 9 heteroatoms. The summed E-state index contributed by atoms with van der Waals surface area (Å²) in [5.74, 6) is -1.48. The van der Waals surface area contributed by atoms with E-state index in [1.807, 2.05) is 18.7 Å². The quantitative estimate of drug-likeness (QED) is 0.720. The monoisotopic (exact) mass is 369 g/mol. The number of hydrogen-bond donors (Lipinski definition) is 2. The van der Waals surface area contributed by atoms with Gasteiger partial charge in [-0.3, -0.25) is 14.5 Å². The third-order valence-electron chi connectivity index (χ3n) is 4.25. The molecule has 1 aromatic carbocycles. The minimum atomic E-state index is -3.55. The Kier molecular flexibility index (Phi) is 6.15. The minimum Gasteiger partial charge on any atom is -0.480 e. The molecular formula is C16H23N3O5S. The van der Waals surface area contributed by atoms with Crippen molar-refractivity contribution in [3.63, 3.8) is 0 Å². The van der Waals surface area contributed by atoms with Crippen LogP contribution in [0.5, 0.6) is 0 Å². The normalized spacial score (nSPS) is 16.6. The van der Waals surface area contributed by atoms with Crippen LogP contribution in [-0.4, -0.2) is 73.9 Å². The van der Waals surface area contributed by atoms with Crippen molar-refractivity contribution in [2.45, 2.75) is 18.7 Å². The molecule has 0 radical (unpaired) electrons. The molecule has 1 aliphatic heterocycles. The molecule has 1 heterocycles. The predicted octanol–water partition coefficient (Wildman–Crippen LogP) is -0.189. The molecule has 2 rings (SSSR count). The molecule has 0 aliphatic carbocycles. The minimum absolute atomic E-state index is 0.0603. The Morgan fingerprint density at radius 1 is 1.12 bits per heavy atom. The van der Waals surface area contributed by atoms with E-state index >= 15 is 0 Å². The summed E-state index contributed by atoms with van der Waals surface area (Å²) >= 11 is 0. The second kappa shape index (κ2) is 7.94. The van der Waals surface area contributed by atoms with Gasteiger partial charge in [0.15, 0.2) is 0 Å². The lowest BCUT2D eigenvalue weighted by atomic mass is 10.1. The van der Waals surface area contributed by atoms with Crippen molar-refractivity contribution in [3.05, 3.63) is 29.3 Å². The van der Waals surface area contributed by atoms with Gasteiger partial charge in [-0.15, -0.1) is 0 Å². The van der Waals surface area contributed by atoms with E-state index in [-0.39, 0.29) is 17.3 Å². The maximum absolute atomic E-state index is 12.7. The zero-order valence-corrected chi connectivity index (χ0v) is 15.2. The molecule has 1 saturated heterocycles. The lowest BCUT2D eigenvalue weighted by Crippen LogP contribution is -2.51. The van der Waals surface area contributed by atoms with Crippen LogP contribution >= 0.6 is 0 Å². The summed E-state index contributed by atoms with van der Waals surface area (Å²) < 4.78 is 26.9. The Hall–Kier alpha value is -1.97. The van der Waals surface area contributed by atoms with Crippen LogP contribution in [0.2, 0.25) is 0 Å². The number of rotatable bonds is 6. The average Bonchev–Trinajstić information content (AvgIpc) is 2.56. The Morgan fingerprint density at radius 3 is 2.32 bits per heavy atom. The number of aliphatic carboxylic acids is 1. The summed E-state index contributed by atoms with van der Waals surface area (Å²) in [6.45, 7) is 4.88. The SMILES string of the molecule is Cc1ccc(S(=O)(=O)N2CCN(CC(=O)NCC(=O)O)CC2)cc1C. The first-order valence-electron chi connectivity index (χ1n) is 7.98. The first-order valence-corrected chi connectivity index (χ1v) is 9.42. The van der Waals surface area contributed by atoms with Crippen molar-refractivity contribution in [1.29, 1.82) is 0 Å². The first-order chi connectivity index (χ1) is 11.7. The molecule has 0 atom stereocenters. The molecule has 0 aromatic heterocycles. The number of piperazine rings is 1. The van der Waals surface area contributed by atoms with E-state index in [2.05, 4.69) is 5.32 Å². The second-order valence-corrected chi connectivity index (χ2v) is 8.03. The highest BCUT2D eigenvalue weighted by atomic mass is 32.2. The van der Waals surface area contributed by atoms with Crippen molar-refractivity contribution < 1.29 is 23.1 Å². The van der Waals surface area contributed by atoms with E-state index in [1.54, 1.807) is 18.2 Å². The van der Waals surface area contributed by atoms with Gasteiger partial charge in [-0.25, -0.2) is 8.42 Å². The number of aryl methyl sites for hydroxylation is 2. The van der Waals surface area contributed by atoms with E-state index < -0.39 is 22.5 Å². The number of carbonyl (C=O) groups is 2. The lowest BCUT2D eigenvalue weighted by Gasteiger charge is -2.33. The highest BCUT2D eigenvalue weighted by Gasteiger charge is 2.29. The number of carboxylic acids is 1. The van der Waals surface area contributed by atoms with Crippen molar-refractivity contribution in [3.8, 4) is 0 Å². The molecule has 1 amide bonds. The van der Waals surface area contributed by atoms with Crippen LogP contribution in [0.15, 0.2) is 23.1 Å². The molecule has 25 heavy (non-hydrogen) atoms. The molecule has 1 fully saturated rings. The van der Waals surface area contributed by atoms with Crippen LogP contribution < -0.4 is 5.32 Å². The second-order valence-electron chi connectivity index (χ2n) is 6.10. The largest absolute Gasteiger partial charge is 0.480 e. The summed E-state index contributed by atoms with van der Waals surface area (Å²) in [5, 5.41) is 10.8. The van der Waals surface area contributed by atoms with Crippen LogP contribution in [-0.2, 0) is 19.6 Å². The van der Waals surface area contributed by atoms with E-state index in [9.17, 15) is 18.0 Å². The van der Waals surface area contributed by atoms with Gasteiger partial charge in [-0.05, 0) is 37.1 Å². The van der Waals surface area contributed by atoms with E-state index in [1.165, 1.54) is 4.31 Å². The molecule has 8 nitrogen and oxygen atoms in total. The van der Waals surface area contributed by atoms with Gasteiger partial charge in [0, 0.05) is 26.2 Å². The van der Waals surface area contributed by atoms with Gasteiger partial charge in [0.1, 0.15) is 6.54 Å². The first kappa shape index (κ1) is 19.4. The number of carbonyl (C=O) groups excluding carboxylic acids is 1. The van der Waals surface area contributed by atoms with Crippen molar-refractivity contribution in [2.75, 3.05) is 39.3 Å². The standard InChI is InChI=1S/C16H23N3O5S/c1-12-3-4-14(9-13(12)2)25(23,24)19-7-5-18(6-8-19)11-15(20)17-10-16(21)22/h3-4,9H,5-8,10-11H2,1-2H3,(H,17,20)(H,21,22). The highest BCUT2D eigenvalue weighted by molar-refractivity contribution is 7.89. The van der Waals surface area contributed by atoms with Gasteiger partial charge < -0.3 is 10.4 Å². The van der Waals surface area contributed by atoms with Crippen LogP contribution in [0.25, 0.3) is 0 Å². The van der Waals surface area contributed by atoms with Gasteiger partial charge in [0.25, 0.3) is 0 Å². The number of sulfonamides is 1. The number of amides is 1. The number of carboxylic acid groups (broad SMARTS) is 1. The van der Waals surface area contributed by atoms with Gasteiger partial charge in [-0.2, -0.15) is 4.31 Å². The van der Waals surface area contributed by atoms with Crippen molar-refractivity contribution in [2.24, 2.45) is 0 Å². The molecule has 0 saturated carbocycles. The van der Waals surface area contributed by atoms with Crippen LogP contribution in [0.4, 0.5) is 0 Å². The lowest BCUT2D eigenvalue weighted by molar-refractivity contribution is -0.138. The highest BCUT2D eigenvalue weighted by Crippen LogP contribution is 2.20. The van der Waals surface area contributed by atoms with Gasteiger partial charge in [0.05, 0.1) is 11.4 Å². The zero-order chi connectivity index (χ0) is 18.6. The van der Waals surface area contributed by atoms with Crippen LogP contribution in [0.1, 0.15) is 11.1 Å². The summed E-state index contributed by atoms with van der Waals surface area (Å²) in [4.78, 5) is 24.2. The summed E-state index contributed by atoms with van der Waals surface area (Å²) in [5.41, 5.74) is 1.96. The summed E-state index contributed by atoms with van der Waals surface area (Å²) in [7, 11) is -3.55. The molecule has 1 aromatic rings. The fourth-order valence-electron chi connectivity index (χ4n) is 2.58. The molecule has 138 valence electrons. The fourth-order valence-corrected chi connectivity index (χ4v) is 4.09. The molecule has 0 spiro atoms. The molecule has 2 N–H and O–H groups in total. The van der Waals surface area contributed by atoms with Crippen LogP contribution in [0, 0.1) is 13.8 Å². The third-order valence-corrected chi connectivity index (χ3v) is 6.15. The van der Waals surface area contributed by atoms with E-state index in [4.69, 9.17) is 5.11 Å². The Labute approximate surface area is 147 Å². The van der Waals surface area contributed by atoms with E-state index in [0.29, 0.717) is 26.2 Å². The fraction of sp³-hybridized carbons (Fsp3) is 0.500. The summed E-state index contributed by atoms with van der Waals surface area (Å²) in [6.07, 6.45) is 0. The summed E-state index contributed by atoms with van der Waals surface area (Å²) in [6, 6.07) is 5.09. The van der Waals surface area contributed by atoms with Crippen molar-refractivity contribution >= 4 is 21.9 Å². The maximum atomic E-state index is 12.7. The molecule has 1 aliphatic rings. The van der Waals surface area contributed by atoms with Gasteiger partial charge in [0.2, 0.25) is 15.9 Å². The number of benzene rings is 1. The Bertz CT molecular complexity index is 755. The van der Waals surface area contributed by atoms with Gasteiger partial charge in [-0.1, -0.05) is 6.07 Å². The molecule has 0 bridgehead atoms. The predicted molar refractivity (Wildman–Crippen MR) is 91.8 cm³/mol. The third kappa shape index (κ3) is 5.00.